The van der Waals surface area contributed by atoms with Crippen molar-refractivity contribution in [3.63, 3.8) is 0 Å². The van der Waals surface area contributed by atoms with Crippen LogP contribution in [0.15, 0.2) is 18.2 Å². The number of hydrogen-bond acceptors (Lipinski definition) is 0. The third kappa shape index (κ3) is 2.11. The van der Waals surface area contributed by atoms with E-state index in [0.717, 1.165) is 16.7 Å². The van der Waals surface area contributed by atoms with Gasteiger partial charge >= 0.3 is 0 Å². The summed E-state index contributed by atoms with van der Waals surface area (Å²) in [5.74, 6) is -0.0787. The molecular weight excluding hydrogens is 187 g/mol. The Hall–Kier alpha value is -1.11. The van der Waals surface area contributed by atoms with E-state index in [1.54, 1.807) is 6.07 Å². The van der Waals surface area contributed by atoms with Gasteiger partial charge in [0.2, 0.25) is 0 Å². The number of fused-ring (bicyclic) bond motifs is 1. The summed E-state index contributed by atoms with van der Waals surface area (Å²) < 4.78 is 13.6. The largest absolute Gasteiger partial charge is 0.207 e. The first kappa shape index (κ1) is 12.0. The fraction of sp³-hybridized carbons (Fsp3) is 0.429. The minimum atomic E-state index is -0.146. The zero-order chi connectivity index (χ0) is 11.6. The highest BCUT2D eigenvalue weighted by Crippen LogP contribution is 2.37. The third-order valence-corrected chi connectivity index (χ3v) is 2.59. The van der Waals surface area contributed by atoms with E-state index in [2.05, 4.69) is 6.08 Å². The van der Waals surface area contributed by atoms with E-state index in [1.165, 1.54) is 0 Å². The van der Waals surface area contributed by atoms with Crippen molar-refractivity contribution in [2.75, 3.05) is 0 Å². The highest BCUT2D eigenvalue weighted by atomic mass is 19.1. The molecule has 2 rings (SSSR count). The van der Waals surface area contributed by atoms with Gasteiger partial charge in [-0.3, -0.25) is 0 Å². The summed E-state index contributed by atoms with van der Waals surface area (Å²) in [6, 6.07) is 3.64. The van der Waals surface area contributed by atoms with Gasteiger partial charge in [-0.2, -0.15) is 0 Å². The molecule has 0 bridgehead atoms. The second-order valence-electron chi connectivity index (χ2n) is 4.27. The van der Waals surface area contributed by atoms with Crippen molar-refractivity contribution in [3.05, 3.63) is 40.7 Å². The van der Waals surface area contributed by atoms with E-state index < -0.39 is 0 Å². The molecule has 0 fully saturated rings. The van der Waals surface area contributed by atoms with Crippen molar-refractivity contribution in [2.24, 2.45) is 0 Å². The second kappa shape index (κ2) is 4.18. The Kier molecular flexibility index (Phi) is 3.33. The number of aryl methyl sites for hydroxylation is 1. The third-order valence-electron chi connectivity index (χ3n) is 2.59. The van der Waals surface area contributed by atoms with Gasteiger partial charge in [0.25, 0.3) is 0 Å². The smallest absolute Gasteiger partial charge is 0.128 e. The molecule has 1 aliphatic rings. The summed E-state index contributed by atoms with van der Waals surface area (Å²) >= 11 is 0. The average molecular weight is 206 g/mol. The molecule has 0 nitrogen and oxygen atoms in total. The lowest BCUT2D eigenvalue weighted by Crippen LogP contribution is -2.13. The lowest BCUT2D eigenvalue weighted by atomic mass is 9.86. The van der Waals surface area contributed by atoms with Crippen LogP contribution in [-0.2, 0) is 5.41 Å². The molecule has 0 aromatic heterocycles. The Bertz CT molecular complexity index is 387. The van der Waals surface area contributed by atoms with Gasteiger partial charge in [-0.1, -0.05) is 45.9 Å². The predicted molar refractivity (Wildman–Crippen MR) is 64.5 cm³/mol. The number of benzene rings is 1. The van der Waals surface area contributed by atoms with Gasteiger partial charge in [0.1, 0.15) is 5.82 Å². The molecule has 0 saturated carbocycles. The van der Waals surface area contributed by atoms with Gasteiger partial charge in [-0.15, -0.1) is 0 Å². The maximum Gasteiger partial charge on any atom is 0.128 e. The molecule has 15 heavy (non-hydrogen) atoms. The Balaban J connectivity index is 0.000000531. The molecule has 0 aliphatic heterocycles. The van der Waals surface area contributed by atoms with Crippen LogP contribution in [0.3, 0.4) is 0 Å². The van der Waals surface area contributed by atoms with Gasteiger partial charge in [-0.25, -0.2) is 4.39 Å². The molecular formula is C14H19F. The van der Waals surface area contributed by atoms with Crippen LogP contribution in [0, 0.1) is 12.7 Å². The average Bonchev–Trinajstić information content (AvgIpc) is 2.45. The fourth-order valence-electron chi connectivity index (χ4n) is 1.96. The molecule has 0 amide bonds. The van der Waals surface area contributed by atoms with Crippen LogP contribution in [0.5, 0.6) is 0 Å². The first-order valence-electron chi connectivity index (χ1n) is 5.50. The lowest BCUT2D eigenvalue weighted by Gasteiger charge is -2.18. The summed E-state index contributed by atoms with van der Waals surface area (Å²) in [6.07, 6.45) is 4.06. The SMILES string of the molecule is CC.Cc1cc(F)c2c(c1)C=CC2(C)C. The summed E-state index contributed by atoms with van der Waals surface area (Å²) in [7, 11) is 0. The summed E-state index contributed by atoms with van der Waals surface area (Å²) in [5, 5.41) is 0. The number of allylic oxidation sites excluding steroid dienone is 1. The minimum absolute atomic E-state index is 0.0787. The van der Waals surface area contributed by atoms with Crippen molar-refractivity contribution < 1.29 is 4.39 Å². The molecule has 0 spiro atoms. The van der Waals surface area contributed by atoms with E-state index >= 15 is 0 Å². The second-order valence-corrected chi connectivity index (χ2v) is 4.27. The molecule has 1 aliphatic carbocycles. The summed E-state index contributed by atoms with van der Waals surface area (Å²) in [6.45, 7) is 9.99. The van der Waals surface area contributed by atoms with E-state index in [9.17, 15) is 4.39 Å². The maximum atomic E-state index is 13.6. The number of halogens is 1. The van der Waals surface area contributed by atoms with Gasteiger partial charge in [0, 0.05) is 11.0 Å². The van der Waals surface area contributed by atoms with E-state index in [-0.39, 0.29) is 11.2 Å². The zero-order valence-corrected chi connectivity index (χ0v) is 10.2. The van der Waals surface area contributed by atoms with Gasteiger partial charge in [0.05, 0.1) is 0 Å². The van der Waals surface area contributed by atoms with E-state index in [0.29, 0.717) is 0 Å². The zero-order valence-electron chi connectivity index (χ0n) is 10.2. The summed E-state index contributed by atoms with van der Waals surface area (Å²) in [5.41, 5.74) is 2.70. The highest BCUT2D eigenvalue weighted by molar-refractivity contribution is 5.65. The molecule has 0 unspecified atom stereocenters. The van der Waals surface area contributed by atoms with Gasteiger partial charge < -0.3 is 0 Å². The van der Waals surface area contributed by atoms with Crippen LogP contribution in [0.1, 0.15) is 44.4 Å². The van der Waals surface area contributed by atoms with Crippen molar-refractivity contribution in [1.82, 2.24) is 0 Å². The topological polar surface area (TPSA) is 0 Å². The molecule has 0 heterocycles. The summed E-state index contributed by atoms with van der Waals surface area (Å²) in [4.78, 5) is 0. The van der Waals surface area contributed by atoms with Crippen molar-refractivity contribution in [3.8, 4) is 0 Å². The first-order chi connectivity index (χ1) is 7.00. The van der Waals surface area contributed by atoms with Crippen LogP contribution in [-0.4, -0.2) is 0 Å². The van der Waals surface area contributed by atoms with Crippen molar-refractivity contribution in [2.45, 2.75) is 40.0 Å². The van der Waals surface area contributed by atoms with Crippen LogP contribution < -0.4 is 0 Å². The van der Waals surface area contributed by atoms with Crippen LogP contribution in [0.25, 0.3) is 6.08 Å². The number of rotatable bonds is 0. The first-order valence-corrected chi connectivity index (χ1v) is 5.50. The van der Waals surface area contributed by atoms with Gasteiger partial charge in [-0.05, 0) is 24.1 Å². The lowest BCUT2D eigenvalue weighted by molar-refractivity contribution is 0.563. The predicted octanol–water partition coefficient (Wildman–Crippen LogP) is 4.46. The normalized spacial score (nSPS) is 15.6. The maximum absolute atomic E-state index is 13.6. The molecule has 1 heteroatoms. The van der Waals surface area contributed by atoms with Crippen molar-refractivity contribution in [1.29, 1.82) is 0 Å². The highest BCUT2D eigenvalue weighted by Gasteiger charge is 2.28. The molecule has 82 valence electrons. The van der Waals surface area contributed by atoms with Gasteiger partial charge in [0.15, 0.2) is 0 Å². The Morgan fingerprint density at radius 2 is 1.73 bits per heavy atom. The van der Waals surface area contributed by atoms with E-state index in [1.807, 2.05) is 46.8 Å². The molecule has 0 saturated heterocycles. The van der Waals surface area contributed by atoms with Crippen LogP contribution >= 0.6 is 0 Å². The molecule has 0 radical (unpaired) electrons. The fourth-order valence-corrected chi connectivity index (χ4v) is 1.96. The Morgan fingerprint density at radius 3 is 2.33 bits per heavy atom. The Labute approximate surface area is 91.8 Å². The van der Waals surface area contributed by atoms with E-state index in [4.69, 9.17) is 0 Å². The quantitative estimate of drug-likeness (QED) is 0.587. The molecule has 1 aromatic rings. The number of hydrogen-bond donors (Lipinski definition) is 0. The monoisotopic (exact) mass is 206 g/mol. The Morgan fingerprint density at radius 1 is 1.13 bits per heavy atom. The standard InChI is InChI=1S/C12H13F.C2H6/c1-8-6-9-4-5-12(2,3)11(9)10(13)7-8;1-2/h4-7H,1-3H3;1-2H3. The molecule has 1 aromatic carbocycles. The molecule has 0 atom stereocenters. The minimum Gasteiger partial charge on any atom is -0.207 e. The van der Waals surface area contributed by atoms with Crippen molar-refractivity contribution >= 4 is 6.08 Å². The van der Waals surface area contributed by atoms with Crippen LogP contribution in [0.4, 0.5) is 4.39 Å². The molecule has 0 N–H and O–H groups in total. The van der Waals surface area contributed by atoms with Crippen LogP contribution in [0.2, 0.25) is 0 Å².